The van der Waals surface area contributed by atoms with E-state index < -0.39 is 24.4 Å². The van der Waals surface area contributed by atoms with Gasteiger partial charge in [-0.1, -0.05) is 0 Å². The molecule has 0 radical (unpaired) electrons. The summed E-state index contributed by atoms with van der Waals surface area (Å²) in [5, 5.41) is 9.60. The van der Waals surface area contributed by atoms with Crippen molar-refractivity contribution >= 4 is 5.91 Å². The average Bonchev–Trinajstić information content (AvgIpc) is 2.36. The number of hydrogen-bond acceptors (Lipinski definition) is 4. The van der Waals surface area contributed by atoms with E-state index in [2.05, 4.69) is 0 Å². The molecule has 1 rings (SSSR count). The van der Waals surface area contributed by atoms with Crippen LogP contribution in [-0.2, 0) is 0 Å². The smallest absolute Gasteiger partial charge is 0.406 e. The summed E-state index contributed by atoms with van der Waals surface area (Å²) in [5.74, 6) is -1.12. The molecule has 5 nitrogen and oxygen atoms in total. The number of alkyl halides is 3. The molecule has 0 atom stereocenters. The number of nitrogens with two attached hydrogens (primary N) is 1. The Bertz CT molecular complexity index is 478. The summed E-state index contributed by atoms with van der Waals surface area (Å²) in [6, 6.07) is 3.75. The summed E-state index contributed by atoms with van der Waals surface area (Å²) in [6.45, 7) is -1.82. The van der Waals surface area contributed by atoms with E-state index in [0.717, 1.165) is 0 Å². The molecular formula is C12H15F3N2O3. The summed E-state index contributed by atoms with van der Waals surface area (Å²) >= 11 is 0. The van der Waals surface area contributed by atoms with Crippen molar-refractivity contribution in [3.8, 4) is 11.5 Å². The van der Waals surface area contributed by atoms with Gasteiger partial charge in [0.15, 0.2) is 0 Å². The Kier molecular flexibility index (Phi) is 5.20. The minimum atomic E-state index is -4.54. The summed E-state index contributed by atoms with van der Waals surface area (Å²) in [7, 11) is 1.34. The number of carbonyl (C=O) groups is 1. The Morgan fingerprint density at radius 3 is 2.60 bits per heavy atom. The third-order valence-electron chi connectivity index (χ3n) is 2.49. The van der Waals surface area contributed by atoms with Gasteiger partial charge in [0.2, 0.25) is 0 Å². The van der Waals surface area contributed by atoms with Gasteiger partial charge in [0.1, 0.15) is 18.0 Å². The third kappa shape index (κ3) is 4.30. The number of nitrogens with zero attached hydrogens (tertiary/aromatic N) is 1. The van der Waals surface area contributed by atoms with Crippen molar-refractivity contribution in [2.24, 2.45) is 5.73 Å². The largest absolute Gasteiger partial charge is 0.507 e. The lowest BCUT2D eigenvalue weighted by molar-refractivity contribution is -0.140. The van der Waals surface area contributed by atoms with E-state index in [-0.39, 0.29) is 24.4 Å². The second-order valence-corrected chi connectivity index (χ2v) is 4.01. The lowest BCUT2D eigenvalue weighted by Gasteiger charge is -2.23. The number of methoxy groups -OCH3 is 1. The predicted molar refractivity (Wildman–Crippen MR) is 65.7 cm³/mol. The minimum Gasteiger partial charge on any atom is -0.507 e. The predicted octanol–water partition coefficient (Wildman–Crippen LogP) is 1.36. The molecule has 20 heavy (non-hydrogen) atoms. The van der Waals surface area contributed by atoms with Crippen LogP contribution in [0.15, 0.2) is 18.2 Å². The maximum absolute atomic E-state index is 12.4. The van der Waals surface area contributed by atoms with Crippen LogP contribution < -0.4 is 10.5 Å². The highest BCUT2D eigenvalue weighted by Gasteiger charge is 2.33. The molecule has 1 aromatic rings. The van der Waals surface area contributed by atoms with Gasteiger partial charge in [-0.3, -0.25) is 4.79 Å². The molecule has 0 bridgehead atoms. The van der Waals surface area contributed by atoms with Gasteiger partial charge in [-0.15, -0.1) is 0 Å². The maximum atomic E-state index is 12.4. The number of amides is 1. The van der Waals surface area contributed by atoms with Gasteiger partial charge in [-0.05, 0) is 18.2 Å². The highest BCUT2D eigenvalue weighted by molar-refractivity contribution is 5.97. The molecule has 0 saturated heterocycles. The Morgan fingerprint density at radius 1 is 1.45 bits per heavy atom. The van der Waals surface area contributed by atoms with Crippen molar-refractivity contribution in [2.45, 2.75) is 6.18 Å². The topological polar surface area (TPSA) is 75.8 Å². The molecule has 112 valence electrons. The lowest BCUT2D eigenvalue weighted by atomic mass is 10.1. The Labute approximate surface area is 113 Å². The van der Waals surface area contributed by atoms with Crippen molar-refractivity contribution < 1.29 is 27.8 Å². The number of aromatic hydroxyl groups is 1. The zero-order valence-corrected chi connectivity index (χ0v) is 10.8. The van der Waals surface area contributed by atoms with Crippen LogP contribution in [0.5, 0.6) is 11.5 Å². The zero-order valence-electron chi connectivity index (χ0n) is 10.8. The normalized spacial score (nSPS) is 11.2. The van der Waals surface area contributed by atoms with Crippen LogP contribution in [0.25, 0.3) is 0 Å². The maximum Gasteiger partial charge on any atom is 0.406 e. The van der Waals surface area contributed by atoms with Crippen LogP contribution in [0.4, 0.5) is 13.2 Å². The molecule has 0 aromatic heterocycles. The van der Waals surface area contributed by atoms with Gasteiger partial charge in [0.25, 0.3) is 5.91 Å². The average molecular weight is 292 g/mol. The Hall–Kier alpha value is -1.96. The Balaban J connectivity index is 3.05. The first-order valence-corrected chi connectivity index (χ1v) is 5.71. The molecule has 0 fully saturated rings. The first-order chi connectivity index (χ1) is 9.28. The first kappa shape index (κ1) is 16.1. The molecule has 1 aromatic carbocycles. The van der Waals surface area contributed by atoms with E-state index in [9.17, 15) is 23.1 Å². The fourth-order valence-corrected chi connectivity index (χ4v) is 1.61. The van der Waals surface area contributed by atoms with Gasteiger partial charge < -0.3 is 20.5 Å². The van der Waals surface area contributed by atoms with Crippen LogP contribution in [0.1, 0.15) is 10.4 Å². The quantitative estimate of drug-likeness (QED) is 0.859. The molecule has 0 aliphatic carbocycles. The number of carbonyl (C=O) groups excluding carboxylic acids is 1. The van der Waals surface area contributed by atoms with E-state index in [1.807, 2.05) is 0 Å². The Morgan fingerprint density at radius 2 is 2.10 bits per heavy atom. The van der Waals surface area contributed by atoms with Crippen LogP contribution in [0.2, 0.25) is 0 Å². The molecule has 3 N–H and O–H groups in total. The van der Waals surface area contributed by atoms with Crippen LogP contribution >= 0.6 is 0 Å². The van der Waals surface area contributed by atoms with Crippen LogP contribution in [-0.4, -0.2) is 48.8 Å². The SMILES string of the molecule is COc1ccc(O)c(C(=O)N(CCN)CC(F)(F)F)c1. The third-order valence-corrected chi connectivity index (χ3v) is 2.49. The molecule has 0 unspecified atom stereocenters. The number of rotatable bonds is 5. The number of phenols is 1. The fourth-order valence-electron chi connectivity index (χ4n) is 1.61. The van der Waals surface area contributed by atoms with E-state index in [0.29, 0.717) is 4.90 Å². The monoisotopic (exact) mass is 292 g/mol. The van der Waals surface area contributed by atoms with Crippen molar-refractivity contribution in [2.75, 3.05) is 26.7 Å². The summed E-state index contributed by atoms with van der Waals surface area (Å²) in [6.07, 6.45) is -4.54. The summed E-state index contributed by atoms with van der Waals surface area (Å²) in [4.78, 5) is 12.6. The van der Waals surface area contributed by atoms with E-state index in [1.54, 1.807) is 0 Å². The molecule has 0 heterocycles. The van der Waals surface area contributed by atoms with Crippen molar-refractivity contribution in [3.63, 3.8) is 0 Å². The number of hydrogen-bond donors (Lipinski definition) is 2. The summed E-state index contributed by atoms with van der Waals surface area (Å²) in [5.41, 5.74) is 4.95. The highest BCUT2D eigenvalue weighted by atomic mass is 19.4. The fraction of sp³-hybridized carbons (Fsp3) is 0.417. The van der Waals surface area contributed by atoms with E-state index in [1.165, 1.54) is 25.3 Å². The van der Waals surface area contributed by atoms with Crippen LogP contribution in [0, 0.1) is 0 Å². The van der Waals surface area contributed by atoms with Gasteiger partial charge in [-0.2, -0.15) is 13.2 Å². The van der Waals surface area contributed by atoms with Gasteiger partial charge in [0, 0.05) is 13.1 Å². The van der Waals surface area contributed by atoms with E-state index >= 15 is 0 Å². The number of halogens is 3. The second-order valence-electron chi connectivity index (χ2n) is 4.01. The van der Waals surface area contributed by atoms with Gasteiger partial charge in [0.05, 0.1) is 12.7 Å². The molecule has 0 spiro atoms. The second kappa shape index (κ2) is 6.47. The van der Waals surface area contributed by atoms with Crippen molar-refractivity contribution in [3.05, 3.63) is 23.8 Å². The standard InChI is InChI=1S/C12H15F3N2O3/c1-20-8-2-3-10(18)9(6-8)11(19)17(5-4-16)7-12(13,14)15/h2-3,6,18H,4-5,7,16H2,1H3. The molecule has 1 amide bonds. The number of benzene rings is 1. The first-order valence-electron chi connectivity index (χ1n) is 5.71. The molecule has 0 aliphatic rings. The number of phenolic OH excluding ortho intramolecular Hbond substituents is 1. The van der Waals surface area contributed by atoms with Crippen molar-refractivity contribution in [1.29, 1.82) is 0 Å². The molecule has 0 saturated carbocycles. The van der Waals surface area contributed by atoms with Crippen molar-refractivity contribution in [1.82, 2.24) is 4.90 Å². The molecule has 8 heteroatoms. The van der Waals surface area contributed by atoms with Crippen LogP contribution in [0.3, 0.4) is 0 Å². The highest BCUT2D eigenvalue weighted by Crippen LogP contribution is 2.25. The van der Waals surface area contributed by atoms with Gasteiger partial charge in [-0.25, -0.2) is 0 Å². The number of ether oxygens (including phenoxy) is 1. The zero-order chi connectivity index (χ0) is 15.3. The van der Waals surface area contributed by atoms with Gasteiger partial charge >= 0.3 is 6.18 Å². The molecular weight excluding hydrogens is 277 g/mol. The van der Waals surface area contributed by atoms with E-state index in [4.69, 9.17) is 10.5 Å². The lowest BCUT2D eigenvalue weighted by Crippen LogP contribution is -2.41. The minimum absolute atomic E-state index is 0.119. The molecule has 0 aliphatic heterocycles. The summed E-state index contributed by atoms with van der Waals surface area (Å²) < 4.78 is 42.2.